The van der Waals surface area contributed by atoms with Gasteiger partial charge in [-0.2, -0.15) is 0 Å². The number of benzene rings is 2. The van der Waals surface area contributed by atoms with Gasteiger partial charge in [-0.25, -0.2) is 4.98 Å². The highest BCUT2D eigenvalue weighted by Gasteiger charge is 2.25. The Morgan fingerprint density at radius 2 is 1.86 bits per heavy atom. The Hall–Kier alpha value is -2.70. The van der Waals surface area contributed by atoms with Crippen molar-refractivity contribution in [3.8, 4) is 0 Å². The number of imidazole rings is 1. The van der Waals surface area contributed by atoms with Gasteiger partial charge in [0.1, 0.15) is 5.82 Å². The molecule has 1 N–H and O–H groups in total. The first-order valence-corrected chi connectivity index (χ1v) is 13.5. The number of nitrogens with zero attached hydrogens (tertiary/aromatic N) is 3. The monoisotopic (exact) mass is 488 g/mol. The number of hydrogen-bond acceptors (Lipinski definition) is 3. The van der Waals surface area contributed by atoms with Crippen molar-refractivity contribution < 1.29 is 4.74 Å². The maximum Gasteiger partial charge on any atom is 0.173 e. The molecule has 0 spiro atoms. The predicted octanol–water partition coefficient (Wildman–Crippen LogP) is 5.95. The zero-order valence-corrected chi connectivity index (χ0v) is 21.3. The van der Waals surface area contributed by atoms with E-state index < -0.39 is 0 Å². The summed E-state index contributed by atoms with van der Waals surface area (Å²) in [5.41, 5.74) is 5.34. The number of aromatic nitrogens is 2. The number of hydrogen-bond donors (Lipinski definition) is 1. The van der Waals surface area contributed by atoms with Crippen molar-refractivity contribution >= 4 is 23.0 Å². The van der Waals surface area contributed by atoms with Gasteiger partial charge in [0.05, 0.1) is 6.61 Å². The summed E-state index contributed by atoms with van der Waals surface area (Å²) < 4.78 is 8.18. The lowest BCUT2D eigenvalue weighted by Crippen LogP contribution is -2.40. The molecular formula is C29H36N4OS. The molecule has 1 aromatic heterocycles. The van der Waals surface area contributed by atoms with E-state index >= 15 is 0 Å². The van der Waals surface area contributed by atoms with Crippen molar-refractivity contribution in [2.24, 2.45) is 0 Å². The van der Waals surface area contributed by atoms with Crippen molar-refractivity contribution in [2.45, 2.75) is 64.0 Å². The number of likely N-dealkylation sites (tertiary alicyclic amines) is 1. The van der Waals surface area contributed by atoms with Gasteiger partial charge in [0, 0.05) is 50.2 Å². The fourth-order valence-corrected chi connectivity index (χ4v) is 5.61. The van der Waals surface area contributed by atoms with Crippen molar-refractivity contribution in [3.63, 3.8) is 0 Å². The van der Waals surface area contributed by atoms with E-state index in [-0.39, 0.29) is 0 Å². The molecule has 5 nitrogen and oxygen atoms in total. The average Bonchev–Trinajstić information content (AvgIpc) is 3.56. The summed E-state index contributed by atoms with van der Waals surface area (Å²) in [4.78, 5) is 7.05. The van der Waals surface area contributed by atoms with Crippen LogP contribution in [0.3, 0.4) is 0 Å². The minimum atomic E-state index is 0.498. The fraction of sp³-hybridized carbons (Fsp3) is 0.448. The van der Waals surface area contributed by atoms with Crippen LogP contribution in [-0.4, -0.2) is 39.3 Å². The largest absolute Gasteiger partial charge is 0.377 e. The van der Waals surface area contributed by atoms with Crippen molar-refractivity contribution in [1.29, 1.82) is 0 Å². The Morgan fingerprint density at radius 3 is 2.71 bits per heavy atom. The van der Waals surface area contributed by atoms with Crippen LogP contribution in [0.5, 0.6) is 0 Å². The fourth-order valence-electron chi connectivity index (χ4n) is 5.31. The van der Waals surface area contributed by atoms with Gasteiger partial charge in [-0.3, -0.25) is 0 Å². The quantitative estimate of drug-likeness (QED) is 0.298. The molecule has 0 amide bonds. The van der Waals surface area contributed by atoms with Crippen LogP contribution in [0, 0.1) is 0 Å². The number of thiocarbonyl (C=S) groups is 1. The van der Waals surface area contributed by atoms with E-state index in [9.17, 15) is 0 Å². The summed E-state index contributed by atoms with van der Waals surface area (Å²) in [5.74, 6) is 1.73. The second-order valence-corrected chi connectivity index (χ2v) is 10.1. The Labute approximate surface area is 214 Å². The second kappa shape index (κ2) is 11.8. The standard InChI is InChI=1S/C29H36N4OS/c35-29(31-27-12-11-24-9-6-10-26(24)21-27)33-17-13-25(14-18-33)28-30-15-19-32(28)16-4-5-20-34-22-23-7-2-1-3-8-23/h1-3,7-8,11-12,15,19,21,25H,4-6,9-10,13-14,16-18,20,22H2,(H,31,35). The molecule has 2 aromatic carbocycles. The molecule has 1 aliphatic heterocycles. The van der Waals surface area contributed by atoms with E-state index in [1.807, 2.05) is 12.3 Å². The van der Waals surface area contributed by atoms with Gasteiger partial charge in [-0.1, -0.05) is 36.4 Å². The van der Waals surface area contributed by atoms with Crippen LogP contribution >= 0.6 is 12.2 Å². The molecule has 0 atom stereocenters. The Morgan fingerprint density at radius 1 is 1.03 bits per heavy atom. The lowest BCUT2D eigenvalue weighted by Gasteiger charge is -2.33. The number of rotatable bonds is 9. The molecule has 2 heterocycles. The first-order valence-electron chi connectivity index (χ1n) is 13.1. The topological polar surface area (TPSA) is 42.3 Å². The lowest BCUT2D eigenvalue weighted by molar-refractivity contribution is 0.116. The second-order valence-electron chi connectivity index (χ2n) is 9.75. The average molecular weight is 489 g/mol. The number of anilines is 1. The number of nitrogens with one attached hydrogen (secondary N) is 1. The van der Waals surface area contributed by atoms with Gasteiger partial charge in [0.2, 0.25) is 0 Å². The van der Waals surface area contributed by atoms with Crippen LogP contribution in [0.1, 0.15) is 60.5 Å². The van der Waals surface area contributed by atoms with Gasteiger partial charge in [0.15, 0.2) is 5.11 Å². The van der Waals surface area contributed by atoms with Gasteiger partial charge in [-0.15, -0.1) is 0 Å². The maximum atomic E-state index is 5.84. The highest BCUT2D eigenvalue weighted by atomic mass is 32.1. The molecule has 6 heteroatoms. The summed E-state index contributed by atoms with van der Waals surface area (Å²) in [6.45, 7) is 4.44. The molecule has 1 saturated heterocycles. The van der Waals surface area contributed by atoms with E-state index in [4.69, 9.17) is 21.9 Å². The summed E-state index contributed by atoms with van der Waals surface area (Å²) in [6.07, 6.45) is 12.1. The SMILES string of the molecule is S=C(Nc1ccc2c(c1)CCC2)N1CCC(c2nccn2CCCCOCc2ccccc2)CC1. The normalized spacial score (nSPS) is 15.8. The molecule has 2 aliphatic rings. The first-order chi connectivity index (χ1) is 17.3. The lowest BCUT2D eigenvalue weighted by atomic mass is 9.96. The van der Waals surface area contributed by atoms with E-state index in [1.54, 1.807) is 0 Å². The van der Waals surface area contributed by atoms with Gasteiger partial charge >= 0.3 is 0 Å². The van der Waals surface area contributed by atoms with Crippen LogP contribution in [0.25, 0.3) is 0 Å². The molecule has 0 saturated carbocycles. The van der Waals surface area contributed by atoms with Gasteiger partial charge in [-0.05, 0) is 86.0 Å². The predicted molar refractivity (Wildman–Crippen MR) is 146 cm³/mol. The Bertz CT molecular complexity index is 1100. The van der Waals surface area contributed by atoms with Crippen LogP contribution in [0.15, 0.2) is 60.9 Å². The molecule has 0 radical (unpaired) electrons. The summed E-state index contributed by atoms with van der Waals surface area (Å²) in [5, 5.41) is 4.33. The summed E-state index contributed by atoms with van der Waals surface area (Å²) >= 11 is 5.75. The number of fused-ring (bicyclic) bond motifs is 1. The van der Waals surface area contributed by atoms with Gasteiger partial charge in [0.25, 0.3) is 0 Å². The van der Waals surface area contributed by atoms with Crippen LogP contribution in [0.2, 0.25) is 0 Å². The van der Waals surface area contributed by atoms with Crippen molar-refractivity contribution in [2.75, 3.05) is 25.0 Å². The van der Waals surface area contributed by atoms with Crippen molar-refractivity contribution in [3.05, 3.63) is 83.4 Å². The summed E-state index contributed by atoms with van der Waals surface area (Å²) in [6, 6.07) is 17.1. The zero-order chi connectivity index (χ0) is 23.9. The van der Waals surface area contributed by atoms with Crippen LogP contribution in [0.4, 0.5) is 5.69 Å². The molecule has 35 heavy (non-hydrogen) atoms. The van der Waals surface area contributed by atoms with Crippen LogP contribution < -0.4 is 5.32 Å². The minimum absolute atomic E-state index is 0.498. The van der Waals surface area contributed by atoms with E-state index in [0.717, 1.165) is 62.7 Å². The Kier molecular flexibility index (Phi) is 8.11. The number of aryl methyl sites for hydroxylation is 3. The van der Waals surface area contributed by atoms with E-state index in [1.165, 1.54) is 41.8 Å². The maximum absolute atomic E-state index is 5.84. The summed E-state index contributed by atoms with van der Waals surface area (Å²) in [7, 11) is 0. The zero-order valence-electron chi connectivity index (χ0n) is 20.5. The highest BCUT2D eigenvalue weighted by Crippen LogP contribution is 2.28. The molecule has 1 fully saturated rings. The number of ether oxygens (including phenoxy) is 1. The van der Waals surface area contributed by atoms with Gasteiger partial charge < -0.3 is 19.5 Å². The minimum Gasteiger partial charge on any atom is -0.377 e. The number of unbranched alkanes of at least 4 members (excludes halogenated alkanes) is 1. The number of piperidine rings is 1. The molecule has 5 rings (SSSR count). The first kappa shape index (κ1) is 24.0. The molecule has 0 unspecified atom stereocenters. The van der Waals surface area contributed by atoms with Crippen molar-refractivity contribution in [1.82, 2.24) is 14.5 Å². The van der Waals surface area contributed by atoms with E-state index in [0.29, 0.717) is 12.5 Å². The molecular weight excluding hydrogens is 452 g/mol. The molecule has 0 bridgehead atoms. The molecule has 1 aliphatic carbocycles. The van der Waals surface area contributed by atoms with Crippen LogP contribution in [-0.2, 0) is 30.7 Å². The van der Waals surface area contributed by atoms with E-state index in [2.05, 4.69) is 63.4 Å². The third-order valence-electron chi connectivity index (χ3n) is 7.29. The Balaban J connectivity index is 1.04. The third-order valence-corrected chi connectivity index (χ3v) is 7.65. The smallest absolute Gasteiger partial charge is 0.173 e. The highest BCUT2D eigenvalue weighted by molar-refractivity contribution is 7.80. The third kappa shape index (κ3) is 6.30. The molecule has 184 valence electrons. The molecule has 3 aromatic rings.